The molecule has 0 spiro atoms. The Bertz CT molecular complexity index is 1320. The van der Waals surface area contributed by atoms with E-state index in [2.05, 4.69) is 22.2 Å². The number of nitrogens with zero attached hydrogens (tertiary/aromatic N) is 3. The Balaban J connectivity index is 1.39. The summed E-state index contributed by atoms with van der Waals surface area (Å²) in [6.07, 6.45) is 11.6. The highest BCUT2D eigenvalue weighted by Crippen LogP contribution is 2.29. The van der Waals surface area contributed by atoms with Gasteiger partial charge in [-0.15, -0.1) is 0 Å². The Morgan fingerprint density at radius 3 is 1.82 bits per heavy atom. The topological polar surface area (TPSA) is 88.0 Å². The van der Waals surface area contributed by atoms with E-state index in [1.54, 1.807) is 18.2 Å². The van der Waals surface area contributed by atoms with E-state index >= 15 is 0 Å². The molecule has 1 amide bonds. The normalized spacial score (nSPS) is 10.9. The average molecular weight is 523 g/mol. The highest BCUT2D eigenvalue weighted by atomic mass is 16.3. The van der Waals surface area contributed by atoms with Gasteiger partial charge in [-0.05, 0) is 42.8 Å². The van der Waals surface area contributed by atoms with Crippen molar-refractivity contribution in [2.45, 2.75) is 71.1 Å². The third-order valence-corrected chi connectivity index (χ3v) is 6.75. The van der Waals surface area contributed by atoms with Crippen LogP contribution in [0.4, 0.5) is 5.69 Å². The van der Waals surface area contributed by atoms with Crippen LogP contribution in [-0.4, -0.2) is 26.0 Å². The van der Waals surface area contributed by atoms with Crippen LogP contribution in [0.15, 0.2) is 78.9 Å². The molecule has 6 nitrogen and oxygen atoms in total. The molecule has 0 fully saturated rings. The Labute approximate surface area is 231 Å². The summed E-state index contributed by atoms with van der Waals surface area (Å²) >= 11 is 0. The van der Waals surface area contributed by atoms with Crippen molar-refractivity contribution >= 4 is 11.6 Å². The molecule has 6 heteroatoms. The minimum absolute atomic E-state index is 0.0408. The monoisotopic (exact) mass is 522 g/mol. The molecule has 0 aliphatic heterocycles. The molecule has 1 heterocycles. The lowest BCUT2D eigenvalue weighted by molar-refractivity contribution is -0.116. The van der Waals surface area contributed by atoms with Crippen LogP contribution in [-0.2, 0) is 4.79 Å². The Morgan fingerprint density at radius 1 is 0.641 bits per heavy atom. The largest absolute Gasteiger partial charge is 0.507 e. The molecule has 0 aliphatic carbocycles. The number of rotatable bonds is 14. The first kappa shape index (κ1) is 28.0. The summed E-state index contributed by atoms with van der Waals surface area (Å²) in [7, 11) is 0. The molecule has 202 valence electrons. The molecule has 0 aliphatic rings. The molecule has 4 aromatic rings. The lowest BCUT2D eigenvalue weighted by Crippen LogP contribution is -2.11. The first-order chi connectivity index (χ1) is 19.1. The van der Waals surface area contributed by atoms with E-state index in [9.17, 15) is 9.90 Å². The van der Waals surface area contributed by atoms with Gasteiger partial charge in [0.2, 0.25) is 5.91 Å². The standard InChI is InChI=1S/C33H38N4O2/c1-2-3-4-5-6-7-8-9-13-20-30(39)34-27-23-21-26(22-24-27)32-35-31(25-16-11-10-12-17-25)36-33(37-32)28-18-14-15-19-29(28)38/h10-12,14-19,21-24,38H,2-9,13,20H2,1H3,(H,34,39). The summed E-state index contributed by atoms with van der Waals surface area (Å²) in [5, 5.41) is 13.4. The number of phenols is 1. The maximum absolute atomic E-state index is 12.4. The summed E-state index contributed by atoms with van der Waals surface area (Å²) in [6, 6.07) is 24.2. The molecule has 1 aromatic heterocycles. The lowest BCUT2D eigenvalue weighted by Gasteiger charge is -2.10. The van der Waals surface area contributed by atoms with Crippen LogP contribution < -0.4 is 5.32 Å². The van der Waals surface area contributed by atoms with E-state index in [0.717, 1.165) is 29.7 Å². The van der Waals surface area contributed by atoms with Gasteiger partial charge in [-0.3, -0.25) is 4.79 Å². The minimum Gasteiger partial charge on any atom is -0.507 e. The average Bonchev–Trinajstić information content (AvgIpc) is 2.97. The van der Waals surface area contributed by atoms with Gasteiger partial charge in [-0.25, -0.2) is 15.0 Å². The minimum atomic E-state index is 0.0408. The predicted octanol–water partition coefficient (Wildman–Crippen LogP) is 8.44. The summed E-state index contributed by atoms with van der Waals surface area (Å²) in [5.74, 6) is 1.57. The molecular weight excluding hydrogens is 484 g/mol. The third-order valence-electron chi connectivity index (χ3n) is 6.75. The molecule has 0 bridgehead atoms. The number of benzene rings is 3. The zero-order valence-electron chi connectivity index (χ0n) is 22.8. The Hall–Kier alpha value is -4.06. The van der Waals surface area contributed by atoms with E-state index in [1.807, 2.05) is 60.7 Å². The van der Waals surface area contributed by atoms with Gasteiger partial charge in [0.15, 0.2) is 17.5 Å². The number of carbonyl (C=O) groups is 1. The van der Waals surface area contributed by atoms with Crippen molar-refractivity contribution in [1.82, 2.24) is 15.0 Å². The van der Waals surface area contributed by atoms with Crippen molar-refractivity contribution in [3.63, 3.8) is 0 Å². The number of phenolic OH excluding ortho intramolecular Hbond substituents is 1. The van der Waals surface area contributed by atoms with Gasteiger partial charge in [-0.1, -0.05) is 101 Å². The highest BCUT2D eigenvalue weighted by Gasteiger charge is 2.14. The summed E-state index contributed by atoms with van der Waals surface area (Å²) in [4.78, 5) is 26.5. The van der Waals surface area contributed by atoms with Gasteiger partial charge in [0, 0.05) is 23.2 Å². The number of nitrogens with one attached hydrogen (secondary N) is 1. The second kappa shape index (κ2) is 14.8. The SMILES string of the molecule is CCCCCCCCCCCC(=O)Nc1ccc(-c2nc(-c3ccccc3)nc(-c3ccccc3O)n2)cc1. The zero-order valence-corrected chi connectivity index (χ0v) is 22.8. The van der Waals surface area contributed by atoms with Crippen LogP contribution in [0.2, 0.25) is 0 Å². The molecule has 0 radical (unpaired) electrons. The number of anilines is 1. The molecular formula is C33H38N4O2. The number of carbonyl (C=O) groups excluding carboxylic acids is 1. The second-order valence-electron chi connectivity index (χ2n) is 9.89. The lowest BCUT2D eigenvalue weighted by atomic mass is 10.1. The molecule has 2 N–H and O–H groups in total. The van der Waals surface area contributed by atoms with Crippen LogP contribution in [0.25, 0.3) is 34.2 Å². The first-order valence-electron chi connectivity index (χ1n) is 14.1. The fourth-order valence-corrected chi connectivity index (χ4v) is 4.53. The molecule has 0 saturated carbocycles. The predicted molar refractivity (Wildman–Crippen MR) is 158 cm³/mol. The molecule has 0 atom stereocenters. The summed E-state index contributed by atoms with van der Waals surface area (Å²) < 4.78 is 0. The van der Waals surface area contributed by atoms with E-state index < -0.39 is 0 Å². The van der Waals surface area contributed by atoms with E-state index in [-0.39, 0.29) is 11.7 Å². The highest BCUT2D eigenvalue weighted by molar-refractivity contribution is 5.90. The van der Waals surface area contributed by atoms with Crippen molar-refractivity contribution < 1.29 is 9.90 Å². The number of amides is 1. The van der Waals surface area contributed by atoms with Gasteiger partial charge < -0.3 is 10.4 Å². The number of aromatic hydroxyl groups is 1. The van der Waals surface area contributed by atoms with Gasteiger partial charge >= 0.3 is 0 Å². The van der Waals surface area contributed by atoms with Crippen LogP contribution >= 0.6 is 0 Å². The Morgan fingerprint density at radius 2 is 1.18 bits per heavy atom. The summed E-state index contributed by atoms with van der Waals surface area (Å²) in [5.41, 5.74) is 2.94. The fourth-order valence-electron chi connectivity index (χ4n) is 4.53. The third kappa shape index (κ3) is 8.47. The maximum atomic E-state index is 12.4. The van der Waals surface area contributed by atoms with Crippen molar-refractivity contribution in [3.8, 4) is 39.9 Å². The second-order valence-corrected chi connectivity index (χ2v) is 9.89. The Kier molecular flexibility index (Phi) is 10.6. The number of unbranched alkanes of at least 4 members (excludes halogenated alkanes) is 8. The van der Waals surface area contributed by atoms with Crippen LogP contribution in [0.5, 0.6) is 5.75 Å². The van der Waals surface area contributed by atoms with Crippen LogP contribution in [0, 0.1) is 0 Å². The van der Waals surface area contributed by atoms with Crippen molar-refractivity contribution in [2.75, 3.05) is 5.32 Å². The molecule has 0 saturated heterocycles. The van der Waals surface area contributed by atoms with Gasteiger partial charge in [0.05, 0.1) is 5.56 Å². The van der Waals surface area contributed by atoms with E-state index in [1.165, 1.54) is 44.9 Å². The quantitative estimate of drug-likeness (QED) is 0.162. The van der Waals surface area contributed by atoms with Crippen LogP contribution in [0.3, 0.4) is 0 Å². The van der Waals surface area contributed by atoms with Crippen molar-refractivity contribution in [1.29, 1.82) is 0 Å². The molecule has 3 aromatic carbocycles. The number of hydrogen-bond donors (Lipinski definition) is 2. The smallest absolute Gasteiger partial charge is 0.224 e. The van der Waals surface area contributed by atoms with Crippen LogP contribution in [0.1, 0.15) is 71.1 Å². The molecule has 4 rings (SSSR count). The fraction of sp³-hybridized carbons (Fsp3) is 0.333. The van der Waals surface area contributed by atoms with Crippen molar-refractivity contribution in [3.05, 3.63) is 78.9 Å². The molecule has 0 unspecified atom stereocenters. The van der Waals surface area contributed by atoms with Gasteiger partial charge in [0.25, 0.3) is 0 Å². The number of para-hydroxylation sites is 1. The molecule has 39 heavy (non-hydrogen) atoms. The maximum Gasteiger partial charge on any atom is 0.224 e. The van der Waals surface area contributed by atoms with Crippen molar-refractivity contribution in [2.24, 2.45) is 0 Å². The summed E-state index contributed by atoms with van der Waals surface area (Å²) in [6.45, 7) is 2.24. The number of aromatic nitrogens is 3. The van der Waals surface area contributed by atoms with Gasteiger partial charge in [-0.2, -0.15) is 0 Å². The van der Waals surface area contributed by atoms with E-state index in [4.69, 9.17) is 4.98 Å². The van der Waals surface area contributed by atoms with Gasteiger partial charge in [0.1, 0.15) is 5.75 Å². The van der Waals surface area contributed by atoms with E-state index in [0.29, 0.717) is 29.5 Å². The number of hydrogen-bond acceptors (Lipinski definition) is 5. The first-order valence-corrected chi connectivity index (χ1v) is 14.1. The zero-order chi connectivity index (χ0) is 27.3.